The highest BCUT2D eigenvalue weighted by atomic mass is 32.1. The van der Waals surface area contributed by atoms with E-state index in [1.54, 1.807) is 25.2 Å². The predicted molar refractivity (Wildman–Crippen MR) is 107 cm³/mol. The van der Waals surface area contributed by atoms with E-state index in [9.17, 15) is 9.59 Å². The fourth-order valence-corrected chi connectivity index (χ4v) is 6.79. The van der Waals surface area contributed by atoms with E-state index in [0.717, 1.165) is 28.5 Å². The summed E-state index contributed by atoms with van der Waals surface area (Å²) in [4.78, 5) is 26.7. The summed E-state index contributed by atoms with van der Waals surface area (Å²) in [5.74, 6) is 2.84. The van der Waals surface area contributed by atoms with Crippen molar-refractivity contribution in [3.8, 4) is 0 Å². The van der Waals surface area contributed by atoms with Gasteiger partial charge in [0, 0.05) is 16.0 Å². The number of carbonyl (C=O) groups is 2. The standard InChI is InChI=1S/C23H28O2S/c1-12-5-20(11-26-12)13(2)21(14(3)24)22(15(4)25)23-18-7-16-6-17(9-18)10-19(23)8-16/h5,11,16-19H,6-10H2,1-4H3/b21-13-,23-22?. The van der Waals surface area contributed by atoms with E-state index in [0.29, 0.717) is 17.4 Å². The zero-order chi connectivity index (χ0) is 18.6. The molecule has 4 fully saturated rings. The highest BCUT2D eigenvalue weighted by molar-refractivity contribution is 7.10. The molecular formula is C23H28O2S. The Morgan fingerprint density at radius 3 is 1.92 bits per heavy atom. The molecule has 1 aromatic rings. The number of hydrogen-bond donors (Lipinski definition) is 0. The lowest BCUT2D eigenvalue weighted by Gasteiger charge is -2.52. The first-order valence-electron chi connectivity index (χ1n) is 9.87. The summed E-state index contributed by atoms with van der Waals surface area (Å²) in [7, 11) is 0. The number of ketones is 2. The molecule has 1 aromatic heterocycles. The fraction of sp³-hybridized carbons (Fsp3) is 0.565. The number of thiophene rings is 1. The van der Waals surface area contributed by atoms with Gasteiger partial charge in [0.1, 0.15) is 0 Å². The molecule has 4 saturated carbocycles. The third-order valence-electron chi connectivity index (χ3n) is 6.80. The second-order valence-corrected chi connectivity index (χ2v) is 9.81. The van der Waals surface area contributed by atoms with Crippen LogP contribution in [-0.2, 0) is 9.59 Å². The van der Waals surface area contributed by atoms with Crippen LogP contribution in [0.15, 0.2) is 28.2 Å². The van der Waals surface area contributed by atoms with Gasteiger partial charge in [-0.1, -0.05) is 5.57 Å². The van der Waals surface area contributed by atoms with Crippen molar-refractivity contribution < 1.29 is 9.59 Å². The molecule has 0 atom stereocenters. The number of Topliss-reactive ketones (excluding diaryl/α,β-unsaturated/α-hetero) is 2. The van der Waals surface area contributed by atoms with Crippen molar-refractivity contribution >= 4 is 28.5 Å². The molecule has 0 N–H and O–H groups in total. The van der Waals surface area contributed by atoms with Gasteiger partial charge in [0.2, 0.25) is 0 Å². The zero-order valence-electron chi connectivity index (χ0n) is 16.2. The first kappa shape index (κ1) is 17.9. The molecule has 5 rings (SSSR count). The molecule has 0 aromatic carbocycles. The van der Waals surface area contributed by atoms with Crippen molar-refractivity contribution in [1.29, 1.82) is 0 Å². The highest BCUT2D eigenvalue weighted by Crippen LogP contribution is 2.57. The Labute approximate surface area is 160 Å². The SMILES string of the molecule is CC(=O)C(=C1C2CC3CC(C2)CC1C3)/C(C(C)=O)=C(/C)c1csc(C)c1. The van der Waals surface area contributed by atoms with E-state index in [1.807, 2.05) is 6.92 Å². The maximum absolute atomic E-state index is 12.8. The second-order valence-electron chi connectivity index (χ2n) is 8.69. The van der Waals surface area contributed by atoms with Crippen LogP contribution >= 0.6 is 11.3 Å². The lowest BCUT2D eigenvalue weighted by molar-refractivity contribution is -0.116. The van der Waals surface area contributed by atoms with Gasteiger partial charge in [-0.25, -0.2) is 0 Å². The summed E-state index contributed by atoms with van der Waals surface area (Å²) < 4.78 is 0. The summed E-state index contributed by atoms with van der Waals surface area (Å²) in [6, 6.07) is 2.13. The second kappa shape index (κ2) is 6.60. The summed E-state index contributed by atoms with van der Waals surface area (Å²) in [5.41, 5.74) is 4.83. The van der Waals surface area contributed by atoms with Crippen molar-refractivity contribution in [3.05, 3.63) is 38.6 Å². The maximum atomic E-state index is 12.8. The van der Waals surface area contributed by atoms with Crippen LogP contribution in [0.25, 0.3) is 5.57 Å². The molecule has 1 heterocycles. The van der Waals surface area contributed by atoms with Gasteiger partial charge in [-0.05, 0) is 106 Å². The molecule has 3 heteroatoms. The van der Waals surface area contributed by atoms with Crippen LogP contribution < -0.4 is 0 Å². The Hall–Kier alpha value is -1.48. The number of rotatable bonds is 4. The van der Waals surface area contributed by atoms with E-state index in [1.165, 1.54) is 42.6 Å². The van der Waals surface area contributed by atoms with Gasteiger partial charge in [-0.3, -0.25) is 9.59 Å². The van der Waals surface area contributed by atoms with Crippen LogP contribution in [0.5, 0.6) is 0 Å². The van der Waals surface area contributed by atoms with Crippen molar-refractivity contribution in [1.82, 2.24) is 0 Å². The van der Waals surface area contributed by atoms with Crippen molar-refractivity contribution in [2.45, 2.75) is 59.8 Å². The monoisotopic (exact) mass is 368 g/mol. The Balaban J connectivity index is 1.90. The minimum atomic E-state index is 0.0258. The third kappa shape index (κ3) is 2.94. The van der Waals surface area contributed by atoms with E-state index in [4.69, 9.17) is 0 Å². The van der Waals surface area contributed by atoms with Crippen LogP contribution in [-0.4, -0.2) is 11.6 Å². The molecule has 4 aliphatic carbocycles. The highest BCUT2D eigenvalue weighted by Gasteiger charge is 2.47. The van der Waals surface area contributed by atoms with Crippen LogP contribution in [0.3, 0.4) is 0 Å². The van der Waals surface area contributed by atoms with Crippen LogP contribution in [0.4, 0.5) is 0 Å². The fourth-order valence-electron chi connectivity index (χ4n) is 6.04. The summed E-state index contributed by atoms with van der Waals surface area (Å²) in [5, 5.41) is 2.10. The van der Waals surface area contributed by atoms with E-state index in [2.05, 4.69) is 18.4 Å². The molecule has 26 heavy (non-hydrogen) atoms. The lowest BCUT2D eigenvalue weighted by Crippen LogP contribution is -2.41. The largest absolute Gasteiger partial charge is 0.294 e. The van der Waals surface area contributed by atoms with E-state index in [-0.39, 0.29) is 11.6 Å². The zero-order valence-corrected chi connectivity index (χ0v) is 17.0. The third-order valence-corrected chi connectivity index (χ3v) is 7.66. The molecule has 2 nitrogen and oxygen atoms in total. The van der Waals surface area contributed by atoms with Crippen molar-refractivity contribution in [2.24, 2.45) is 23.7 Å². The smallest absolute Gasteiger partial charge is 0.160 e. The van der Waals surface area contributed by atoms with E-state index < -0.39 is 0 Å². The van der Waals surface area contributed by atoms with Crippen LogP contribution in [0.1, 0.15) is 63.3 Å². The minimum absolute atomic E-state index is 0.0258. The Kier molecular flexibility index (Phi) is 4.54. The van der Waals surface area contributed by atoms with E-state index >= 15 is 0 Å². The minimum Gasteiger partial charge on any atom is -0.294 e. The van der Waals surface area contributed by atoms with Gasteiger partial charge < -0.3 is 0 Å². The Morgan fingerprint density at radius 1 is 0.923 bits per heavy atom. The molecule has 4 aliphatic rings. The van der Waals surface area contributed by atoms with Crippen LogP contribution in [0.2, 0.25) is 0 Å². The molecule has 0 radical (unpaired) electrons. The summed E-state index contributed by atoms with van der Waals surface area (Å²) in [6.45, 7) is 7.37. The first-order chi connectivity index (χ1) is 12.3. The number of hydrogen-bond acceptors (Lipinski definition) is 3. The van der Waals surface area contributed by atoms with Gasteiger partial charge in [0.15, 0.2) is 11.6 Å². The predicted octanol–water partition coefficient (Wildman–Crippen LogP) is 5.76. The molecule has 0 unspecified atom stereocenters. The molecule has 0 amide bonds. The lowest BCUT2D eigenvalue weighted by atomic mass is 9.53. The summed E-state index contributed by atoms with van der Waals surface area (Å²) in [6.07, 6.45) is 6.28. The molecule has 0 aliphatic heterocycles. The average molecular weight is 369 g/mol. The molecule has 4 bridgehead atoms. The van der Waals surface area contributed by atoms with Crippen molar-refractivity contribution in [2.75, 3.05) is 0 Å². The van der Waals surface area contributed by atoms with Gasteiger partial charge in [-0.2, -0.15) is 0 Å². The van der Waals surface area contributed by atoms with Crippen LogP contribution in [0, 0.1) is 30.6 Å². The Bertz CT molecular complexity index is 806. The van der Waals surface area contributed by atoms with Gasteiger partial charge in [0.05, 0.1) is 0 Å². The maximum Gasteiger partial charge on any atom is 0.160 e. The van der Waals surface area contributed by atoms with Gasteiger partial charge >= 0.3 is 0 Å². The quantitative estimate of drug-likeness (QED) is 0.633. The molecular weight excluding hydrogens is 340 g/mol. The molecule has 0 saturated heterocycles. The van der Waals surface area contributed by atoms with Crippen molar-refractivity contribution in [3.63, 3.8) is 0 Å². The number of allylic oxidation sites excluding steroid dienone is 4. The number of carbonyl (C=O) groups excluding carboxylic acids is 2. The first-order valence-corrected chi connectivity index (χ1v) is 10.8. The molecule has 138 valence electrons. The normalized spacial score (nSPS) is 30.4. The summed E-state index contributed by atoms with van der Waals surface area (Å²) >= 11 is 1.69. The number of aryl methyl sites for hydroxylation is 1. The van der Waals surface area contributed by atoms with Gasteiger partial charge in [0.25, 0.3) is 0 Å². The van der Waals surface area contributed by atoms with Gasteiger partial charge in [-0.15, -0.1) is 11.3 Å². The molecule has 0 spiro atoms. The Morgan fingerprint density at radius 2 is 1.50 bits per heavy atom. The average Bonchev–Trinajstić information content (AvgIpc) is 2.98. The topological polar surface area (TPSA) is 34.1 Å².